The van der Waals surface area contributed by atoms with Gasteiger partial charge in [-0.15, -0.1) is 10.2 Å². The average molecular weight is 388 g/mol. The minimum atomic E-state index is 0.187. The van der Waals surface area contributed by atoms with Crippen LogP contribution in [0.3, 0.4) is 0 Å². The molecule has 0 saturated heterocycles. The largest absolute Gasteiger partial charge is 0.507 e. The van der Waals surface area contributed by atoms with Gasteiger partial charge in [-0.2, -0.15) is 9.64 Å². The Morgan fingerprint density at radius 3 is 2.86 bits per heavy atom. The summed E-state index contributed by atoms with van der Waals surface area (Å²) in [5.41, 5.74) is 3.17. The highest BCUT2D eigenvalue weighted by atomic mass is 32.1. The van der Waals surface area contributed by atoms with Crippen molar-refractivity contribution >= 4 is 49.7 Å². The quantitative estimate of drug-likeness (QED) is 0.444. The average Bonchev–Trinajstić information content (AvgIpc) is 3.08. The molecule has 0 fully saturated rings. The number of azo groups is 1. The monoisotopic (exact) mass is 388 g/mol. The Hall–Kier alpha value is -3.57. The second kappa shape index (κ2) is 7.21. The van der Waals surface area contributed by atoms with Gasteiger partial charge in [0.1, 0.15) is 11.8 Å². The third-order valence-corrected chi connectivity index (χ3v) is 5.11. The number of rotatable bonds is 4. The van der Waals surface area contributed by atoms with Gasteiger partial charge in [-0.3, -0.25) is 0 Å². The normalized spacial score (nSPS) is 11.3. The smallest absolute Gasteiger partial charge is 0.175 e. The number of nitrogens with zero attached hydrogens (tertiary/aromatic N) is 5. The highest BCUT2D eigenvalue weighted by Gasteiger charge is 2.12. The van der Waals surface area contributed by atoms with Gasteiger partial charge in [-0.1, -0.05) is 12.1 Å². The first-order valence-corrected chi connectivity index (χ1v) is 9.47. The van der Waals surface area contributed by atoms with Crippen molar-refractivity contribution in [2.24, 2.45) is 10.2 Å². The number of nitrogens with one attached hydrogen (secondary N) is 1. The number of anilines is 1. The summed E-state index contributed by atoms with van der Waals surface area (Å²) in [6, 6.07) is 12.9. The third kappa shape index (κ3) is 3.02. The molecule has 2 aromatic carbocycles. The van der Waals surface area contributed by atoms with Crippen molar-refractivity contribution in [1.29, 1.82) is 5.26 Å². The summed E-state index contributed by atoms with van der Waals surface area (Å²) < 4.78 is 4.30. The molecule has 4 rings (SSSR count). The van der Waals surface area contributed by atoms with E-state index in [4.69, 9.17) is 0 Å². The predicted molar refractivity (Wildman–Crippen MR) is 111 cm³/mol. The van der Waals surface area contributed by atoms with Crippen molar-refractivity contribution < 1.29 is 5.11 Å². The van der Waals surface area contributed by atoms with Crippen LogP contribution < -0.4 is 5.32 Å². The molecule has 0 aliphatic rings. The van der Waals surface area contributed by atoms with E-state index >= 15 is 0 Å². The molecule has 138 valence electrons. The van der Waals surface area contributed by atoms with E-state index in [1.54, 1.807) is 25.1 Å². The minimum absolute atomic E-state index is 0.187. The van der Waals surface area contributed by atoms with Crippen LogP contribution in [0.25, 0.3) is 21.8 Å². The van der Waals surface area contributed by atoms with Gasteiger partial charge in [0.25, 0.3) is 0 Å². The van der Waals surface area contributed by atoms with Gasteiger partial charge in [0.15, 0.2) is 10.6 Å². The number of fused-ring (bicyclic) bond motifs is 2. The van der Waals surface area contributed by atoms with E-state index in [-0.39, 0.29) is 5.75 Å². The molecule has 7 nitrogen and oxygen atoms in total. The van der Waals surface area contributed by atoms with Crippen molar-refractivity contribution in [3.05, 3.63) is 47.7 Å². The van der Waals surface area contributed by atoms with Gasteiger partial charge in [0.05, 0.1) is 22.3 Å². The maximum absolute atomic E-state index is 10.3. The van der Waals surface area contributed by atoms with Gasteiger partial charge < -0.3 is 10.4 Å². The molecule has 0 spiro atoms. The summed E-state index contributed by atoms with van der Waals surface area (Å²) in [4.78, 5) is 4.35. The van der Waals surface area contributed by atoms with Crippen molar-refractivity contribution in [3.63, 3.8) is 0 Å². The molecule has 0 aliphatic heterocycles. The Labute approximate surface area is 165 Å². The summed E-state index contributed by atoms with van der Waals surface area (Å²) in [6.45, 7) is 4.52. The molecule has 0 amide bonds. The highest BCUT2D eigenvalue weighted by molar-refractivity contribution is 7.11. The molecule has 28 heavy (non-hydrogen) atoms. The molecule has 0 radical (unpaired) electrons. The number of benzene rings is 2. The lowest BCUT2D eigenvalue weighted by Crippen LogP contribution is -1.97. The zero-order valence-electron chi connectivity index (χ0n) is 15.3. The van der Waals surface area contributed by atoms with Crippen LogP contribution >= 0.6 is 11.5 Å². The van der Waals surface area contributed by atoms with Gasteiger partial charge in [-0.05, 0) is 49.6 Å². The molecule has 0 atom stereocenters. The maximum Gasteiger partial charge on any atom is 0.175 e. The van der Waals surface area contributed by atoms with Crippen LogP contribution in [0.2, 0.25) is 0 Å². The highest BCUT2D eigenvalue weighted by Crippen LogP contribution is 2.39. The first kappa shape index (κ1) is 17.8. The number of aryl methyl sites for hydroxylation is 1. The molecule has 0 unspecified atom stereocenters. The fourth-order valence-electron chi connectivity index (χ4n) is 3.04. The number of pyridine rings is 1. The molecule has 8 heteroatoms. The maximum atomic E-state index is 10.3. The summed E-state index contributed by atoms with van der Waals surface area (Å²) in [7, 11) is 0. The van der Waals surface area contributed by atoms with E-state index in [2.05, 4.69) is 31.0 Å². The molecular weight excluding hydrogens is 372 g/mol. The van der Waals surface area contributed by atoms with Gasteiger partial charge in [0.2, 0.25) is 0 Å². The van der Waals surface area contributed by atoms with Crippen LogP contribution in [0.1, 0.15) is 18.2 Å². The van der Waals surface area contributed by atoms with E-state index < -0.39 is 0 Å². The summed E-state index contributed by atoms with van der Waals surface area (Å²) in [5.74, 6) is 0.187. The van der Waals surface area contributed by atoms with Crippen LogP contribution in [0.15, 0.2) is 46.6 Å². The molecule has 0 aliphatic carbocycles. The number of phenols is 1. The fraction of sp³-hybridized carbons (Fsp3) is 0.150. The molecule has 2 N–H and O–H groups in total. The van der Waals surface area contributed by atoms with Crippen molar-refractivity contribution in [1.82, 2.24) is 9.36 Å². The Morgan fingerprint density at radius 2 is 2.07 bits per heavy atom. The van der Waals surface area contributed by atoms with E-state index in [1.807, 2.05) is 25.1 Å². The second-order valence-electron chi connectivity index (χ2n) is 6.15. The molecule has 0 saturated carbocycles. The minimum Gasteiger partial charge on any atom is -0.507 e. The zero-order valence-corrected chi connectivity index (χ0v) is 16.1. The number of aromatic nitrogens is 2. The number of nitriles is 1. The number of aromatic hydroxyl groups is 1. The van der Waals surface area contributed by atoms with Crippen LogP contribution in [-0.4, -0.2) is 21.0 Å². The van der Waals surface area contributed by atoms with Crippen molar-refractivity contribution in [3.8, 4) is 11.8 Å². The SMILES string of the molecule is CCNc1cccc2c(N=Nc3snc4nc(C)c(C#N)cc34)ccc(O)c12. The van der Waals surface area contributed by atoms with Crippen molar-refractivity contribution in [2.45, 2.75) is 13.8 Å². The van der Waals surface area contributed by atoms with Crippen LogP contribution in [0, 0.1) is 18.3 Å². The first-order valence-electron chi connectivity index (χ1n) is 8.69. The summed E-state index contributed by atoms with van der Waals surface area (Å²) in [6.07, 6.45) is 0. The van der Waals surface area contributed by atoms with Gasteiger partial charge in [0, 0.05) is 23.0 Å². The lowest BCUT2D eigenvalue weighted by molar-refractivity contribution is 0.482. The number of hydrogen-bond donors (Lipinski definition) is 2. The van der Waals surface area contributed by atoms with E-state index in [1.165, 1.54) is 11.5 Å². The first-order chi connectivity index (χ1) is 13.6. The van der Waals surface area contributed by atoms with E-state index in [9.17, 15) is 10.4 Å². The summed E-state index contributed by atoms with van der Waals surface area (Å²) in [5, 5.41) is 34.3. The Kier molecular flexibility index (Phi) is 4.59. The third-order valence-electron chi connectivity index (χ3n) is 4.37. The number of hydrogen-bond acceptors (Lipinski definition) is 8. The fourth-order valence-corrected chi connectivity index (χ4v) is 3.68. The van der Waals surface area contributed by atoms with Crippen molar-refractivity contribution in [2.75, 3.05) is 11.9 Å². The Bertz CT molecular complexity index is 1270. The van der Waals surface area contributed by atoms with Crippen LogP contribution in [-0.2, 0) is 0 Å². The zero-order chi connectivity index (χ0) is 19.7. The Morgan fingerprint density at radius 1 is 1.21 bits per heavy atom. The van der Waals surface area contributed by atoms with Crippen LogP contribution in [0.5, 0.6) is 5.75 Å². The van der Waals surface area contributed by atoms with E-state index in [0.29, 0.717) is 38.4 Å². The molecule has 4 aromatic rings. The summed E-state index contributed by atoms with van der Waals surface area (Å²) >= 11 is 1.19. The van der Waals surface area contributed by atoms with Gasteiger partial charge in [-0.25, -0.2) is 4.98 Å². The standard InChI is InChI=1S/C20H16N6OS/c1-3-22-16-6-4-5-13-15(7-8-17(27)18(13)16)24-25-20-14-9-12(10-21)11(2)23-19(14)26-28-20/h4-9,22,27H,3H2,1-2H3. The van der Waals surface area contributed by atoms with E-state index in [0.717, 1.165) is 17.6 Å². The number of phenolic OH excluding ortho intramolecular Hbond substituents is 1. The predicted octanol–water partition coefficient (Wildman–Crippen LogP) is 5.58. The lowest BCUT2D eigenvalue weighted by atomic mass is 10.1. The lowest BCUT2D eigenvalue weighted by Gasteiger charge is -2.10. The second-order valence-corrected chi connectivity index (χ2v) is 6.91. The molecule has 2 heterocycles. The topological polar surface area (TPSA) is 107 Å². The molecule has 2 aromatic heterocycles. The van der Waals surface area contributed by atoms with Crippen LogP contribution in [0.4, 0.5) is 16.4 Å². The Balaban J connectivity index is 1.82. The van der Waals surface area contributed by atoms with Gasteiger partial charge >= 0.3 is 0 Å². The molecule has 0 bridgehead atoms. The molecular formula is C20H16N6OS.